The van der Waals surface area contributed by atoms with Crippen molar-refractivity contribution >= 4 is 53.0 Å². The van der Waals surface area contributed by atoms with Gasteiger partial charge in [0.1, 0.15) is 5.01 Å². The van der Waals surface area contributed by atoms with E-state index in [1.807, 2.05) is 6.20 Å². The second kappa shape index (κ2) is 10.8. The second-order valence-corrected chi connectivity index (χ2v) is 8.39. The van der Waals surface area contributed by atoms with Crippen molar-refractivity contribution in [2.45, 2.75) is 45.9 Å². The number of hydrogen-bond donors (Lipinski definition) is 1. The first-order valence-corrected chi connectivity index (χ1v) is 10.1. The lowest BCUT2D eigenvalue weighted by Gasteiger charge is -2.36. The number of nitrogens with one attached hydrogen (secondary N) is 1. The number of thioether (sulfide) groups is 1. The molecule has 1 aliphatic heterocycles. The molecule has 0 radical (unpaired) electrons. The molecule has 2 heterocycles. The van der Waals surface area contributed by atoms with Crippen LogP contribution in [0.3, 0.4) is 0 Å². The maximum Gasteiger partial charge on any atom is 0.194 e. The number of hydrogen-bond acceptors (Lipinski definition) is 4. The average Bonchev–Trinajstić information content (AvgIpc) is 2.99. The summed E-state index contributed by atoms with van der Waals surface area (Å²) in [5, 5.41) is 5.25. The minimum absolute atomic E-state index is 0. The highest BCUT2D eigenvalue weighted by Crippen LogP contribution is 2.25. The summed E-state index contributed by atoms with van der Waals surface area (Å²) in [5.74, 6) is 2.94. The first-order chi connectivity index (χ1) is 10.6. The van der Waals surface area contributed by atoms with E-state index in [2.05, 4.69) is 54.7 Å². The Bertz CT molecular complexity index is 490. The molecular weight excluding hydrogens is 439 g/mol. The Labute approximate surface area is 166 Å². The summed E-state index contributed by atoms with van der Waals surface area (Å²) in [7, 11) is 0. The van der Waals surface area contributed by atoms with Crippen LogP contribution in [0.4, 0.5) is 0 Å². The SMILES string of the molecule is CCNC(=NCc1ncc(CC)s1)N1CCSC(C(C)C)C1.I. The predicted molar refractivity (Wildman–Crippen MR) is 114 cm³/mol. The summed E-state index contributed by atoms with van der Waals surface area (Å²) in [6.07, 6.45) is 3.04. The summed E-state index contributed by atoms with van der Waals surface area (Å²) in [6, 6.07) is 0. The fourth-order valence-corrected chi connectivity index (χ4v) is 4.51. The van der Waals surface area contributed by atoms with E-state index in [1.54, 1.807) is 11.3 Å². The van der Waals surface area contributed by atoms with Gasteiger partial charge in [0.2, 0.25) is 0 Å². The zero-order valence-corrected chi connectivity index (χ0v) is 18.5. The van der Waals surface area contributed by atoms with Crippen LogP contribution in [0.25, 0.3) is 0 Å². The van der Waals surface area contributed by atoms with Crippen LogP contribution >= 0.6 is 47.1 Å². The molecule has 23 heavy (non-hydrogen) atoms. The van der Waals surface area contributed by atoms with Crippen molar-refractivity contribution in [3.05, 3.63) is 16.1 Å². The molecule has 0 bridgehead atoms. The average molecular weight is 468 g/mol. The van der Waals surface area contributed by atoms with Crippen molar-refractivity contribution in [3.8, 4) is 0 Å². The Morgan fingerprint density at radius 2 is 2.26 bits per heavy atom. The van der Waals surface area contributed by atoms with Crippen molar-refractivity contribution in [2.75, 3.05) is 25.4 Å². The van der Waals surface area contributed by atoms with E-state index in [0.29, 0.717) is 17.7 Å². The van der Waals surface area contributed by atoms with Crippen LogP contribution in [-0.4, -0.2) is 46.5 Å². The van der Waals surface area contributed by atoms with Gasteiger partial charge >= 0.3 is 0 Å². The maximum atomic E-state index is 4.82. The first kappa shape index (κ1) is 21.0. The van der Waals surface area contributed by atoms with Gasteiger partial charge in [-0.2, -0.15) is 11.8 Å². The topological polar surface area (TPSA) is 40.5 Å². The zero-order valence-electron chi connectivity index (χ0n) is 14.5. The quantitative estimate of drug-likeness (QED) is 0.405. The minimum atomic E-state index is 0. The fraction of sp³-hybridized carbons (Fsp3) is 0.750. The predicted octanol–water partition coefficient (Wildman–Crippen LogP) is 3.86. The number of thiazole rings is 1. The Morgan fingerprint density at radius 1 is 1.48 bits per heavy atom. The lowest BCUT2D eigenvalue weighted by molar-refractivity contribution is 0.381. The van der Waals surface area contributed by atoms with E-state index in [1.165, 1.54) is 10.6 Å². The third-order valence-electron chi connectivity index (χ3n) is 3.79. The summed E-state index contributed by atoms with van der Waals surface area (Å²) < 4.78 is 0. The van der Waals surface area contributed by atoms with Crippen LogP contribution in [0, 0.1) is 5.92 Å². The molecule has 1 saturated heterocycles. The number of halogens is 1. The largest absolute Gasteiger partial charge is 0.357 e. The third kappa shape index (κ3) is 6.42. The van der Waals surface area contributed by atoms with Gasteiger partial charge in [0.15, 0.2) is 5.96 Å². The smallest absolute Gasteiger partial charge is 0.194 e. The third-order valence-corrected chi connectivity index (χ3v) is 6.45. The Balaban J connectivity index is 0.00000264. The molecule has 132 valence electrons. The van der Waals surface area contributed by atoms with Gasteiger partial charge in [-0.3, -0.25) is 0 Å². The van der Waals surface area contributed by atoms with E-state index in [-0.39, 0.29) is 24.0 Å². The molecule has 1 fully saturated rings. The van der Waals surface area contributed by atoms with Crippen molar-refractivity contribution in [3.63, 3.8) is 0 Å². The Morgan fingerprint density at radius 3 is 2.87 bits per heavy atom. The number of nitrogens with zero attached hydrogens (tertiary/aromatic N) is 3. The highest BCUT2D eigenvalue weighted by atomic mass is 127. The Hall–Kier alpha value is -0.0200. The molecule has 1 aromatic rings. The van der Waals surface area contributed by atoms with E-state index in [4.69, 9.17) is 4.99 Å². The molecule has 0 amide bonds. The van der Waals surface area contributed by atoms with Crippen LogP contribution < -0.4 is 5.32 Å². The molecule has 1 aromatic heterocycles. The normalized spacial score (nSPS) is 18.9. The molecule has 1 N–H and O–H groups in total. The molecule has 0 saturated carbocycles. The van der Waals surface area contributed by atoms with E-state index in [0.717, 1.165) is 37.0 Å². The molecule has 4 nitrogen and oxygen atoms in total. The molecule has 0 aromatic carbocycles. The van der Waals surface area contributed by atoms with Gasteiger partial charge in [-0.1, -0.05) is 20.8 Å². The highest BCUT2D eigenvalue weighted by molar-refractivity contribution is 14.0. The monoisotopic (exact) mass is 468 g/mol. The van der Waals surface area contributed by atoms with Gasteiger partial charge in [-0.05, 0) is 19.3 Å². The molecule has 0 spiro atoms. The summed E-state index contributed by atoms with van der Waals surface area (Å²) in [4.78, 5) is 13.0. The second-order valence-electron chi connectivity index (χ2n) is 5.84. The van der Waals surface area contributed by atoms with Crippen molar-refractivity contribution < 1.29 is 0 Å². The van der Waals surface area contributed by atoms with Gasteiger partial charge in [0.25, 0.3) is 0 Å². The van der Waals surface area contributed by atoms with Gasteiger partial charge in [0.05, 0.1) is 6.54 Å². The number of aliphatic imine (C=N–C) groups is 1. The lowest BCUT2D eigenvalue weighted by Crippen LogP contribution is -2.49. The summed E-state index contributed by atoms with van der Waals surface area (Å²) >= 11 is 3.87. The summed E-state index contributed by atoms with van der Waals surface area (Å²) in [6.45, 7) is 12.7. The standard InChI is InChI=1S/C16H28N4S2.HI/c1-5-13-9-18-15(22-13)10-19-16(17-6-2)20-7-8-21-14(11-20)12(3)4;/h9,12,14H,5-8,10-11H2,1-4H3,(H,17,19);1H. The minimum Gasteiger partial charge on any atom is -0.357 e. The lowest BCUT2D eigenvalue weighted by atomic mass is 10.1. The first-order valence-electron chi connectivity index (χ1n) is 8.22. The van der Waals surface area contributed by atoms with E-state index < -0.39 is 0 Å². The van der Waals surface area contributed by atoms with E-state index in [9.17, 15) is 0 Å². The molecule has 1 unspecified atom stereocenters. The highest BCUT2D eigenvalue weighted by Gasteiger charge is 2.24. The van der Waals surface area contributed by atoms with Crippen molar-refractivity contribution in [1.29, 1.82) is 0 Å². The van der Waals surface area contributed by atoms with Crippen LogP contribution in [-0.2, 0) is 13.0 Å². The van der Waals surface area contributed by atoms with E-state index >= 15 is 0 Å². The van der Waals surface area contributed by atoms with Crippen LogP contribution in [0.5, 0.6) is 0 Å². The zero-order chi connectivity index (χ0) is 15.9. The van der Waals surface area contributed by atoms with Crippen LogP contribution in [0.15, 0.2) is 11.2 Å². The number of aryl methyl sites for hydroxylation is 1. The molecule has 1 aliphatic rings. The maximum absolute atomic E-state index is 4.82. The van der Waals surface area contributed by atoms with Gasteiger partial charge < -0.3 is 10.2 Å². The molecule has 7 heteroatoms. The van der Waals surface area contributed by atoms with Gasteiger partial charge in [-0.15, -0.1) is 35.3 Å². The Kier molecular flexibility index (Phi) is 9.84. The molecule has 1 atom stereocenters. The van der Waals surface area contributed by atoms with Crippen molar-refractivity contribution in [1.82, 2.24) is 15.2 Å². The number of aromatic nitrogens is 1. The van der Waals surface area contributed by atoms with Crippen molar-refractivity contribution in [2.24, 2.45) is 10.9 Å². The molecular formula is C16H29IN4S2. The van der Waals surface area contributed by atoms with Gasteiger partial charge in [-0.25, -0.2) is 9.98 Å². The van der Waals surface area contributed by atoms with Gasteiger partial charge in [0, 0.05) is 41.7 Å². The molecule has 0 aliphatic carbocycles. The van der Waals surface area contributed by atoms with Crippen LogP contribution in [0.1, 0.15) is 37.6 Å². The summed E-state index contributed by atoms with van der Waals surface area (Å²) in [5.41, 5.74) is 0. The molecule has 2 rings (SSSR count). The number of rotatable bonds is 5. The fourth-order valence-electron chi connectivity index (χ4n) is 2.42. The van der Waals surface area contributed by atoms with Crippen LogP contribution in [0.2, 0.25) is 0 Å². The number of guanidine groups is 1.